The predicted molar refractivity (Wildman–Crippen MR) is 97.8 cm³/mol. The summed E-state index contributed by atoms with van der Waals surface area (Å²) >= 11 is 0. The summed E-state index contributed by atoms with van der Waals surface area (Å²) in [4.78, 5) is 22.1. The molecular weight excluding hydrogens is 308 g/mol. The van der Waals surface area contributed by atoms with E-state index in [9.17, 15) is 9.59 Å². The van der Waals surface area contributed by atoms with Gasteiger partial charge in [0.25, 0.3) is 0 Å². The van der Waals surface area contributed by atoms with Crippen LogP contribution in [0.4, 0.5) is 0 Å². The van der Waals surface area contributed by atoms with Crippen LogP contribution < -0.4 is 0 Å². The van der Waals surface area contributed by atoms with Gasteiger partial charge in [-0.3, -0.25) is 9.59 Å². The van der Waals surface area contributed by atoms with E-state index in [0.717, 1.165) is 59.7 Å². The lowest BCUT2D eigenvalue weighted by molar-refractivity contribution is -0.123. The standard InChI is InChI=1S/C13H18O.C10H14O/c1-8(7-14)12-5-9-6-13(12)11-4-2-3-10(9)11;11-10-5-6-4-9(10)8-3-1-2-7(6)8/h7,9-13H,1-6H2;6-9H,1-5H2. The minimum Gasteiger partial charge on any atom is -0.299 e. The topological polar surface area (TPSA) is 34.1 Å². The van der Waals surface area contributed by atoms with E-state index in [2.05, 4.69) is 6.58 Å². The minimum absolute atomic E-state index is 0.521. The lowest BCUT2D eigenvalue weighted by Gasteiger charge is -2.31. The zero-order valence-corrected chi connectivity index (χ0v) is 15.4. The van der Waals surface area contributed by atoms with Crippen LogP contribution >= 0.6 is 0 Å². The average molecular weight is 341 g/mol. The van der Waals surface area contributed by atoms with Gasteiger partial charge in [0.1, 0.15) is 12.1 Å². The summed E-state index contributed by atoms with van der Waals surface area (Å²) < 4.78 is 0. The Hall–Kier alpha value is -0.920. The molecule has 0 saturated heterocycles. The molecule has 0 aliphatic heterocycles. The Morgan fingerprint density at radius 3 is 2.28 bits per heavy atom. The van der Waals surface area contributed by atoms with Gasteiger partial charge < -0.3 is 0 Å². The molecule has 4 bridgehead atoms. The SMILES string of the molecule is C=C(C=O)C1CC2CC1C1CCCC21.O=C1CC2CC1C1CCCC21. The molecule has 0 radical (unpaired) electrons. The fourth-order valence-corrected chi connectivity index (χ4v) is 8.37. The average Bonchev–Trinajstić information content (AvgIpc) is 3.41. The molecule has 9 unspecified atom stereocenters. The lowest BCUT2D eigenvalue weighted by atomic mass is 9.73. The molecule has 0 aromatic heterocycles. The quantitative estimate of drug-likeness (QED) is 0.533. The zero-order chi connectivity index (χ0) is 17.1. The van der Waals surface area contributed by atoms with Crippen molar-refractivity contribution in [2.75, 3.05) is 0 Å². The van der Waals surface area contributed by atoms with E-state index in [4.69, 9.17) is 0 Å². The number of allylic oxidation sites excluding steroid dienone is 1. The third-order valence-corrected chi connectivity index (χ3v) is 9.24. The molecular formula is C23H32O2. The molecule has 6 fully saturated rings. The summed E-state index contributed by atoms with van der Waals surface area (Å²) in [6, 6.07) is 0. The van der Waals surface area contributed by atoms with Gasteiger partial charge in [-0.25, -0.2) is 0 Å². The van der Waals surface area contributed by atoms with Crippen molar-refractivity contribution in [2.45, 2.75) is 64.2 Å². The highest BCUT2D eigenvalue weighted by atomic mass is 16.1. The third kappa shape index (κ3) is 2.42. The number of fused-ring (bicyclic) bond motifs is 10. The Kier molecular flexibility index (Phi) is 3.95. The first-order valence-electron chi connectivity index (χ1n) is 10.8. The van der Waals surface area contributed by atoms with Gasteiger partial charge in [0.2, 0.25) is 0 Å². The molecule has 0 N–H and O–H groups in total. The monoisotopic (exact) mass is 340 g/mol. The van der Waals surface area contributed by atoms with Gasteiger partial charge in [-0.05, 0) is 97.9 Å². The maximum atomic E-state index is 11.4. The van der Waals surface area contributed by atoms with E-state index in [1.807, 2.05) is 0 Å². The summed E-state index contributed by atoms with van der Waals surface area (Å²) in [6.07, 6.45) is 14.4. The van der Waals surface area contributed by atoms with Crippen molar-refractivity contribution in [3.63, 3.8) is 0 Å². The van der Waals surface area contributed by atoms with E-state index in [-0.39, 0.29) is 0 Å². The molecule has 0 aromatic carbocycles. The second-order valence-electron chi connectivity index (χ2n) is 9.98. The summed E-state index contributed by atoms with van der Waals surface area (Å²) in [5.41, 5.74) is 0.878. The first-order valence-corrected chi connectivity index (χ1v) is 10.8. The smallest absolute Gasteiger partial charge is 0.145 e. The Morgan fingerprint density at radius 2 is 1.52 bits per heavy atom. The van der Waals surface area contributed by atoms with Gasteiger partial charge in [-0.1, -0.05) is 19.4 Å². The van der Waals surface area contributed by atoms with Crippen LogP contribution in [-0.2, 0) is 9.59 Å². The first kappa shape index (κ1) is 16.3. The van der Waals surface area contributed by atoms with E-state index >= 15 is 0 Å². The van der Waals surface area contributed by atoms with Crippen molar-refractivity contribution >= 4 is 12.1 Å². The molecule has 25 heavy (non-hydrogen) atoms. The molecule has 6 aliphatic carbocycles. The molecule has 6 rings (SSSR count). The molecule has 6 aliphatic rings. The van der Waals surface area contributed by atoms with E-state index < -0.39 is 0 Å². The van der Waals surface area contributed by atoms with Gasteiger partial charge in [0.05, 0.1) is 0 Å². The van der Waals surface area contributed by atoms with Crippen LogP contribution in [-0.4, -0.2) is 12.1 Å². The van der Waals surface area contributed by atoms with Crippen LogP contribution in [0.5, 0.6) is 0 Å². The number of aldehydes is 1. The maximum Gasteiger partial charge on any atom is 0.145 e. The lowest BCUT2D eigenvalue weighted by Crippen LogP contribution is -2.25. The normalized spacial score (nSPS) is 51.2. The molecule has 136 valence electrons. The molecule has 0 aromatic rings. The van der Waals surface area contributed by atoms with Crippen LogP contribution in [0.2, 0.25) is 0 Å². The summed E-state index contributed by atoms with van der Waals surface area (Å²) in [5, 5.41) is 0. The van der Waals surface area contributed by atoms with Crippen LogP contribution in [0.15, 0.2) is 12.2 Å². The Balaban J connectivity index is 0.000000115. The van der Waals surface area contributed by atoms with Crippen molar-refractivity contribution in [2.24, 2.45) is 53.3 Å². The van der Waals surface area contributed by atoms with E-state index in [0.29, 0.717) is 17.6 Å². The number of carbonyl (C=O) groups is 2. The fourth-order valence-electron chi connectivity index (χ4n) is 8.37. The van der Waals surface area contributed by atoms with Crippen LogP contribution in [0.25, 0.3) is 0 Å². The minimum atomic E-state index is 0.521. The highest BCUT2D eigenvalue weighted by molar-refractivity contribution is 5.85. The summed E-state index contributed by atoms with van der Waals surface area (Å²) in [5.74, 6) is 8.03. The maximum absolute atomic E-state index is 11.4. The number of Topliss-reactive ketones (excluding diaryl/α,β-unsaturated/α-hetero) is 1. The van der Waals surface area contributed by atoms with E-state index in [1.54, 1.807) is 0 Å². The number of carbonyl (C=O) groups excluding carboxylic acids is 2. The Labute approximate surface area is 151 Å². The number of ketones is 1. The number of hydrogen-bond donors (Lipinski definition) is 0. The van der Waals surface area contributed by atoms with Gasteiger partial charge >= 0.3 is 0 Å². The van der Waals surface area contributed by atoms with Crippen molar-refractivity contribution in [1.82, 2.24) is 0 Å². The highest BCUT2D eigenvalue weighted by Gasteiger charge is 2.54. The molecule has 0 amide bonds. The fraction of sp³-hybridized carbons (Fsp3) is 0.826. The largest absolute Gasteiger partial charge is 0.299 e. The van der Waals surface area contributed by atoms with Crippen molar-refractivity contribution in [1.29, 1.82) is 0 Å². The third-order valence-electron chi connectivity index (χ3n) is 9.24. The molecule has 2 heteroatoms. The Bertz CT molecular complexity index is 593. The van der Waals surface area contributed by atoms with Gasteiger partial charge in [0, 0.05) is 12.3 Å². The van der Waals surface area contributed by atoms with Crippen molar-refractivity contribution in [3.8, 4) is 0 Å². The first-order chi connectivity index (χ1) is 12.2. The zero-order valence-electron chi connectivity index (χ0n) is 15.4. The number of rotatable bonds is 2. The van der Waals surface area contributed by atoms with E-state index in [1.165, 1.54) is 57.8 Å². The van der Waals surface area contributed by atoms with Crippen LogP contribution in [0, 0.1) is 53.3 Å². The van der Waals surface area contributed by atoms with Crippen LogP contribution in [0.1, 0.15) is 64.2 Å². The van der Waals surface area contributed by atoms with Gasteiger partial charge in [-0.15, -0.1) is 0 Å². The number of hydrogen-bond acceptors (Lipinski definition) is 2. The molecule has 9 atom stereocenters. The van der Waals surface area contributed by atoms with Gasteiger partial charge in [-0.2, -0.15) is 0 Å². The summed E-state index contributed by atoms with van der Waals surface area (Å²) in [7, 11) is 0. The van der Waals surface area contributed by atoms with Gasteiger partial charge in [0.15, 0.2) is 0 Å². The van der Waals surface area contributed by atoms with Crippen molar-refractivity contribution < 1.29 is 9.59 Å². The Morgan fingerprint density at radius 1 is 0.840 bits per heavy atom. The molecule has 2 nitrogen and oxygen atoms in total. The van der Waals surface area contributed by atoms with Crippen molar-refractivity contribution in [3.05, 3.63) is 12.2 Å². The highest BCUT2D eigenvalue weighted by Crippen LogP contribution is 2.62. The van der Waals surface area contributed by atoms with Crippen LogP contribution in [0.3, 0.4) is 0 Å². The molecule has 0 heterocycles. The molecule has 6 saturated carbocycles. The molecule has 0 spiro atoms. The summed E-state index contributed by atoms with van der Waals surface area (Å²) in [6.45, 7) is 3.92. The second kappa shape index (κ2) is 6.06. The predicted octanol–water partition coefficient (Wildman–Crippen LogP) is 4.83. The second-order valence-corrected chi connectivity index (χ2v) is 9.98.